The molecule has 2 saturated carbocycles. The Morgan fingerprint density at radius 3 is 2.80 bits per heavy atom. The molecule has 3 atom stereocenters. The van der Waals surface area contributed by atoms with Crippen LogP contribution in [0.4, 0.5) is 0 Å². The first-order valence-corrected chi connectivity index (χ1v) is 8.98. The van der Waals surface area contributed by atoms with Crippen LogP contribution in [-0.2, 0) is 9.53 Å². The Morgan fingerprint density at radius 2 is 2.08 bits per heavy atom. The van der Waals surface area contributed by atoms with E-state index in [1.54, 1.807) is 12.1 Å². The maximum atomic E-state index is 12.3. The van der Waals surface area contributed by atoms with E-state index in [9.17, 15) is 9.59 Å². The highest BCUT2D eigenvalue weighted by atomic mass is 16.5. The Bertz CT molecular complexity index is 688. The Kier molecular flexibility index (Phi) is 5.08. The molecule has 132 valence electrons. The number of benzene rings is 1. The van der Waals surface area contributed by atoms with Gasteiger partial charge in [-0.1, -0.05) is 19.8 Å². The van der Waals surface area contributed by atoms with Gasteiger partial charge in [-0.25, -0.2) is 4.79 Å². The summed E-state index contributed by atoms with van der Waals surface area (Å²) in [5, 5.41) is 11.9. The Balaban J connectivity index is 1.53. The number of hydrogen-bond donors (Lipinski definition) is 1. The highest BCUT2D eigenvalue weighted by molar-refractivity contribution is 5.91. The van der Waals surface area contributed by atoms with E-state index < -0.39 is 5.97 Å². The van der Waals surface area contributed by atoms with Crippen molar-refractivity contribution < 1.29 is 14.3 Å². The molecule has 0 heterocycles. The molecule has 25 heavy (non-hydrogen) atoms. The molecule has 1 aromatic carbocycles. The first kappa shape index (κ1) is 17.5. The van der Waals surface area contributed by atoms with Gasteiger partial charge in [0.1, 0.15) is 0 Å². The van der Waals surface area contributed by atoms with Crippen LogP contribution in [0.5, 0.6) is 0 Å². The van der Waals surface area contributed by atoms with E-state index in [1.807, 2.05) is 6.07 Å². The molecule has 2 fully saturated rings. The molecule has 2 aliphatic rings. The minimum atomic E-state index is -0.546. The minimum Gasteiger partial charge on any atom is -0.452 e. The average Bonchev–Trinajstić information content (AvgIpc) is 2.59. The number of carbonyl (C=O) groups is 2. The summed E-state index contributed by atoms with van der Waals surface area (Å²) in [7, 11) is 0. The Morgan fingerprint density at radius 1 is 1.32 bits per heavy atom. The highest BCUT2D eigenvalue weighted by Gasteiger charge is 2.42. The van der Waals surface area contributed by atoms with Gasteiger partial charge in [-0.05, 0) is 61.8 Å². The number of ether oxygens (including phenoxy) is 1. The van der Waals surface area contributed by atoms with Crippen molar-refractivity contribution in [1.82, 2.24) is 5.32 Å². The fraction of sp³-hybridized carbons (Fsp3) is 0.550. The number of amides is 1. The summed E-state index contributed by atoms with van der Waals surface area (Å²) in [5.41, 5.74) is 0.707. The van der Waals surface area contributed by atoms with Crippen molar-refractivity contribution in [3.05, 3.63) is 35.4 Å². The van der Waals surface area contributed by atoms with Gasteiger partial charge in [0.05, 0.1) is 17.2 Å². The first-order valence-electron chi connectivity index (χ1n) is 8.98. The summed E-state index contributed by atoms with van der Waals surface area (Å²) in [6.07, 6.45) is 6.75. The SMILES string of the molecule is CC1CC2CCCC(NC(=O)COC(=O)c3ccc(C#N)cc3)(C1)C2. The third-order valence-electron chi connectivity index (χ3n) is 5.41. The second-order valence-corrected chi connectivity index (χ2v) is 7.60. The van der Waals surface area contributed by atoms with Crippen LogP contribution >= 0.6 is 0 Å². The lowest BCUT2D eigenvalue weighted by Gasteiger charge is -2.48. The zero-order chi connectivity index (χ0) is 17.9. The number of nitriles is 1. The fourth-order valence-electron chi connectivity index (χ4n) is 4.58. The summed E-state index contributed by atoms with van der Waals surface area (Å²) in [6, 6.07) is 8.18. The molecule has 3 unspecified atom stereocenters. The van der Waals surface area contributed by atoms with Crippen molar-refractivity contribution in [1.29, 1.82) is 5.26 Å². The molecular weight excluding hydrogens is 316 g/mol. The molecule has 0 spiro atoms. The first-order chi connectivity index (χ1) is 12.0. The lowest BCUT2D eigenvalue weighted by atomic mass is 9.64. The predicted octanol–water partition coefficient (Wildman–Crippen LogP) is 3.19. The molecule has 3 rings (SSSR count). The normalized spacial score (nSPS) is 27.8. The van der Waals surface area contributed by atoms with Gasteiger partial charge in [0.2, 0.25) is 0 Å². The maximum absolute atomic E-state index is 12.3. The van der Waals surface area contributed by atoms with Gasteiger partial charge in [0.15, 0.2) is 6.61 Å². The quantitative estimate of drug-likeness (QED) is 0.854. The molecule has 1 amide bonds. The maximum Gasteiger partial charge on any atom is 0.338 e. The van der Waals surface area contributed by atoms with Crippen molar-refractivity contribution in [2.75, 3.05) is 6.61 Å². The summed E-state index contributed by atoms with van der Waals surface area (Å²) < 4.78 is 5.13. The van der Waals surface area contributed by atoms with Crippen LogP contribution in [0.1, 0.15) is 61.4 Å². The molecule has 1 aromatic rings. The van der Waals surface area contributed by atoms with Gasteiger partial charge >= 0.3 is 5.97 Å². The van der Waals surface area contributed by atoms with Gasteiger partial charge in [0.25, 0.3) is 5.91 Å². The summed E-state index contributed by atoms with van der Waals surface area (Å²) >= 11 is 0. The van der Waals surface area contributed by atoms with E-state index in [0.717, 1.165) is 25.7 Å². The molecule has 0 saturated heterocycles. The van der Waals surface area contributed by atoms with E-state index in [1.165, 1.54) is 25.0 Å². The monoisotopic (exact) mass is 340 g/mol. The van der Waals surface area contributed by atoms with Crippen LogP contribution in [0.15, 0.2) is 24.3 Å². The third-order valence-corrected chi connectivity index (χ3v) is 5.41. The van der Waals surface area contributed by atoms with Gasteiger partial charge < -0.3 is 10.1 Å². The van der Waals surface area contributed by atoms with E-state index in [-0.39, 0.29) is 18.1 Å². The number of nitrogens with zero attached hydrogens (tertiary/aromatic N) is 1. The van der Waals surface area contributed by atoms with Crippen LogP contribution in [0.25, 0.3) is 0 Å². The molecule has 5 heteroatoms. The molecule has 2 aliphatic carbocycles. The minimum absolute atomic E-state index is 0.113. The second kappa shape index (κ2) is 7.26. The molecular formula is C20H24N2O3. The van der Waals surface area contributed by atoms with E-state index in [2.05, 4.69) is 12.2 Å². The van der Waals surface area contributed by atoms with Crippen LogP contribution in [0.2, 0.25) is 0 Å². The number of hydrogen-bond acceptors (Lipinski definition) is 4. The molecule has 2 bridgehead atoms. The third kappa shape index (κ3) is 4.19. The van der Waals surface area contributed by atoms with Crippen LogP contribution in [0, 0.1) is 23.2 Å². The number of esters is 1. The topological polar surface area (TPSA) is 79.2 Å². The second-order valence-electron chi connectivity index (χ2n) is 7.60. The van der Waals surface area contributed by atoms with Crippen molar-refractivity contribution >= 4 is 11.9 Å². The molecule has 5 nitrogen and oxygen atoms in total. The zero-order valence-electron chi connectivity index (χ0n) is 14.6. The van der Waals surface area contributed by atoms with Crippen LogP contribution < -0.4 is 5.32 Å². The lowest BCUT2D eigenvalue weighted by molar-refractivity contribution is -0.127. The fourth-order valence-corrected chi connectivity index (χ4v) is 4.58. The van der Waals surface area contributed by atoms with E-state index >= 15 is 0 Å². The summed E-state index contributed by atoms with van der Waals surface area (Å²) in [5.74, 6) is 0.562. The predicted molar refractivity (Wildman–Crippen MR) is 92.7 cm³/mol. The summed E-state index contributed by atoms with van der Waals surface area (Å²) in [4.78, 5) is 24.3. The summed E-state index contributed by atoms with van der Waals surface area (Å²) in [6.45, 7) is 1.99. The van der Waals surface area contributed by atoms with Crippen molar-refractivity contribution in [3.63, 3.8) is 0 Å². The van der Waals surface area contributed by atoms with E-state index in [4.69, 9.17) is 10.00 Å². The number of nitrogens with one attached hydrogen (secondary N) is 1. The van der Waals surface area contributed by atoms with Gasteiger partial charge in [0, 0.05) is 5.54 Å². The van der Waals surface area contributed by atoms with Gasteiger partial charge in [-0.15, -0.1) is 0 Å². The van der Waals surface area contributed by atoms with Crippen molar-refractivity contribution in [3.8, 4) is 6.07 Å². The Labute approximate surface area is 148 Å². The van der Waals surface area contributed by atoms with Crippen molar-refractivity contribution in [2.24, 2.45) is 11.8 Å². The van der Waals surface area contributed by atoms with Crippen LogP contribution in [-0.4, -0.2) is 24.0 Å². The standard InChI is InChI=1S/C20H24N2O3/c1-14-9-16-3-2-8-20(10-14,11-16)22-18(23)13-25-19(24)17-6-4-15(12-21)5-7-17/h4-7,14,16H,2-3,8-11,13H2,1H3,(H,22,23). The molecule has 0 aliphatic heterocycles. The largest absolute Gasteiger partial charge is 0.452 e. The average molecular weight is 340 g/mol. The van der Waals surface area contributed by atoms with E-state index in [0.29, 0.717) is 23.0 Å². The number of carbonyl (C=O) groups excluding carboxylic acids is 2. The Hall–Kier alpha value is -2.35. The van der Waals surface area contributed by atoms with Crippen molar-refractivity contribution in [2.45, 2.75) is 51.0 Å². The molecule has 0 radical (unpaired) electrons. The zero-order valence-corrected chi connectivity index (χ0v) is 14.6. The lowest BCUT2D eigenvalue weighted by Crippen LogP contribution is -2.55. The van der Waals surface area contributed by atoms with Gasteiger partial charge in [-0.2, -0.15) is 5.26 Å². The number of fused-ring (bicyclic) bond motifs is 2. The number of rotatable bonds is 4. The smallest absolute Gasteiger partial charge is 0.338 e. The molecule has 0 aromatic heterocycles. The van der Waals surface area contributed by atoms with Gasteiger partial charge in [-0.3, -0.25) is 4.79 Å². The van der Waals surface area contributed by atoms with Crippen LogP contribution in [0.3, 0.4) is 0 Å². The highest BCUT2D eigenvalue weighted by Crippen LogP contribution is 2.45. The molecule has 1 N–H and O–H groups in total.